The van der Waals surface area contributed by atoms with Crippen molar-refractivity contribution in [2.24, 2.45) is 0 Å². The number of amides is 1. The SMILES string of the molecule is CC1CCSCCN1C(=O)[C@@H]1CC[C@H](C(=O)O)O1. The van der Waals surface area contributed by atoms with E-state index in [0.29, 0.717) is 12.8 Å². The van der Waals surface area contributed by atoms with Crippen LogP contribution in [0.2, 0.25) is 0 Å². The van der Waals surface area contributed by atoms with Crippen LogP contribution in [0, 0.1) is 0 Å². The number of carboxylic acid groups (broad SMARTS) is 1. The van der Waals surface area contributed by atoms with Gasteiger partial charge in [0.2, 0.25) is 0 Å². The first-order chi connectivity index (χ1) is 8.59. The van der Waals surface area contributed by atoms with E-state index in [-0.39, 0.29) is 11.9 Å². The molecule has 1 unspecified atom stereocenters. The third kappa shape index (κ3) is 2.98. The fourth-order valence-electron chi connectivity index (χ4n) is 2.41. The minimum atomic E-state index is -0.968. The third-order valence-corrected chi connectivity index (χ3v) is 4.54. The Bertz CT molecular complexity index is 336. The van der Waals surface area contributed by atoms with Gasteiger partial charge < -0.3 is 14.7 Å². The zero-order chi connectivity index (χ0) is 13.1. The number of carbonyl (C=O) groups excluding carboxylic acids is 1. The minimum absolute atomic E-state index is 0.0336. The molecule has 2 fully saturated rings. The highest BCUT2D eigenvalue weighted by Crippen LogP contribution is 2.24. The Morgan fingerprint density at radius 1 is 1.22 bits per heavy atom. The lowest BCUT2D eigenvalue weighted by Crippen LogP contribution is -2.45. The highest BCUT2D eigenvalue weighted by atomic mass is 32.2. The molecule has 0 saturated carbocycles. The van der Waals surface area contributed by atoms with Gasteiger partial charge in [0.15, 0.2) is 6.10 Å². The molecule has 0 aromatic heterocycles. The van der Waals surface area contributed by atoms with Crippen molar-refractivity contribution in [3.05, 3.63) is 0 Å². The van der Waals surface area contributed by atoms with Crippen molar-refractivity contribution in [1.29, 1.82) is 0 Å². The first-order valence-corrected chi connectivity index (χ1v) is 7.51. The number of aliphatic carboxylic acids is 1. The number of rotatable bonds is 2. The molecule has 1 amide bonds. The van der Waals surface area contributed by atoms with E-state index in [0.717, 1.165) is 24.5 Å². The van der Waals surface area contributed by atoms with Gasteiger partial charge in [0.25, 0.3) is 5.91 Å². The largest absolute Gasteiger partial charge is 0.479 e. The van der Waals surface area contributed by atoms with Crippen LogP contribution in [0.4, 0.5) is 0 Å². The summed E-state index contributed by atoms with van der Waals surface area (Å²) in [5.74, 6) is 1.03. The Kier molecular flexibility index (Phi) is 4.50. The lowest BCUT2D eigenvalue weighted by molar-refractivity contribution is -0.155. The average molecular weight is 273 g/mol. The maximum Gasteiger partial charge on any atom is 0.332 e. The van der Waals surface area contributed by atoms with E-state index in [4.69, 9.17) is 9.84 Å². The highest BCUT2D eigenvalue weighted by Gasteiger charge is 2.38. The number of ether oxygens (including phenoxy) is 1. The zero-order valence-electron chi connectivity index (χ0n) is 10.5. The van der Waals surface area contributed by atoms with Gasteiger partial charge in [-0.05, 0) is 31.9 Å². The first-order valence-electron chi connectivity index (χ1n) is 6.36. The number of carboxylic acids is 1. The lowest BCUT2D eigenvalue weighted by Gasteiger charge is -2.29. The maximum absolute atomic E-state index is 12.3. The van der Waals surface area contributed by atoms with Crippen LogP contribution in [0.25, 0.3) is 0 Å². The molecule has 0 aliphatic carbocycles. The summed E-state index contributed by atoms with van der Waals surface area (Å²) in [5, 5.41) is 8.87. The molecular formula is C12H19NO4S. The van der Waals surface area contributed by atoms with Crippen molar-refractivity contribution >= 4 is 23.6 Å². The van der Waals surface area contributed by atoms with Gasteiger partial charge in [-0.15, -0.1) is 0 Å². The van der Waals surface area contributed by atoms with E-state index in [1.165, 1.54) is 0 Å². The fourth-order valence-corrected chi connectivity index (χ4v) is 3.45. The second-order valence-electron chi connectivity index (χ2n) is 4.81. The van der Waals surface area contributed by atoms with Crippen LogP contribution < -0.4 is 0 Å². The molecule has 2 heterocycles. The molecule has 0 aromatic carbocycles. The molecule has 5 nitrogen and oxygen atoms in total. The monoisotopic (exact) mass is 273 g/mol. The second kappa shape index (κ2) is 5.93. The molecular weight excluding hydrogens is 254 g/mol. The van der Waals surface area contributed by atoms with Gasteiger partial charge >= 0.3 is 5.97 Å². The van der Waals surface area contributed by atoms with E-state index in [2.05, 4.69) is 0 Å². The standard InChI is InChI=1S/C12H19NO4S/c1-8-4-6-18-7-5-13(8)11(14)9-2-3-10(17-9)12(15)16/h8-10H,2-7H2,1H3,(H,15,16)/t8?,9-,10+/m0/s1. The van der Waals surface area contributed by atoms with Crippen molar-refractivity contribution in [2.75, 3.05) is 18.1 Å². The minimum Gasteiger partial charge on any atom is -0.479 e. The van der Waals surface area contributed by atoms with Crippen molar-refractivity contribution in [2.45, 2.75) is 44.4 Å². The van der Waals surface area contributed by atoms with Gasteiger partial charge in [-0.25, -0.2) is 4.79 Å². The normalized spacial score (nSPS) is 33.2. The van der Waals surface area contributed by atoms with Gasteiger partial charge in [-0.3, -0.25) is 4.79 Å². The number of thioether (sulfide) groups is 1. The molecule has 6 heteroatoms. The molecule has 2 saturated heterocycles. The van der Waals surface area contributed by atoms with E-state index in [1.54, 1.807) is 0 Å². The first kappa shape index (κ1) is 13.7. The topological polar surface area (TPSA) is 66.8 Å². The van der Waals surface area contributed by atoms with E-state index in [9.17, 15) is 9.59 Å². The summed E-state index contributed by atoms with van der Waals surface area (Å²) in [4.78, 5) is 25.0. The number of hydrogen-bond donors (Lipinski definition) is 1. The van der Waals surface area contributed by atoms with Crippen molar-refractivity contribution in [3.63, 3.8) is 0 Å². The van der Waals surface area contributed by atoms with Gasteiger partial charge in [-0.1, -0.05) is 0 Å². The number of nitrogens with zero attached hydrogens (tertiary/aromatic N) is 1. The van der Waals surface area contributed by atoms with E-state index >= 15 is 0 Å². The van der Waals surface area contributed by atoms with Crippen LogP contribution in [0.3, 0.4) is 0 Å². The summed E-state index contributed by atoms with van der Waals surface area (Å²) < 4.78 is 5.33. The summed E-state index contributed by atoms with van der Waals surface area (Å²) in [6, 6.07) is 0.222. The molecule has 2 aliphatic rings. The summed E-state index contributed by atoms with van der Waals surface area (Å²) in [6.07, 6.45) is 0.577. The van der Waals surface area contributed by atoms with Crippen molar-refractivity contribution < 1.29 is 19.4 Å². The van der Waals surface area contributed by atoms with E-state index < -0.39 is 18.2 Å². The number of hydrogen-bond acceptors (Lipinski definition) is 4. The van der Waals surface area contributed by atoms with Crippen LogP contribution >= 0.6 is 11.8 Å². The molecule has 1 N–H and O–H groups in total. The highest BCUT2D eigenvalue weighted by molar-refractivity contribution is 7.99. The Balaban J connectivity index is 1.96. The van der Waals surface area contributed by atoms with Gasteiger partial charge in [-0.2, -0.15) is 11.8 Å². The van der Waals surface area contributed by atoms with Crippen LogP contribution in [-0.4, -0.2) is 58.2 Å². The average Bonchev–Trinajstić information content (AvgIpc) is 2.73. The molecule has 0 aromatic rings. The molecule has 0 radical (unpaired) electrons. The van der Waals surface area contributed by atoms with Crippen LogP contribution in [-0.2, 0) is 14.3 Å². The van der Waals surface area contributed by atoms with Gasteiger partial charge in [0.1, 0.15) is 6.10 Å². The molecule has 0 spiro atoms. The summed E-state index contributed by atoms with van der Waals surface area (Å²) >= 11 is 1.86. The zero-order valence-corrected chi connectivity index (χ0v) is 11.3. The molecule has 3 atom stereocenters. The molecule has 2 rings (SSSR count). The molecule has 2 aliphatic heterocycles. The van der Waals surface area contributed by atoms with Crippen LogP contribution in [0.15, 0.2) is 0 Å². The van der Waals surface area contributed by atoms with Gasteiger partial charge in [0.05, 0.1) is 0 Å². The molecule has 0 bridgehead atoms. The Hall–Kier alpha value is -0.750. The second-order valence-corrected chi connectivity index (χ2v) is 6.04. The van der Waals surface area contributed by atoms with Crippen molar-refractivity contribution in [3.8, 4) is 0 Å². The smallest absolute Gasteiger partial charge is 0.332 e. The summed E-state index contributed by atoms with van der Waals surface area (Å²) in [7, 11) is 0. The fraction of sp³-hybridized carbons (Fsp3) is 0.833. The summed E-state index contributed by atoms with van der Waals surface area (Å²) in [6.45, 7) is 2.79. The van der Waals surface area contributed by atoms with Gasteiger partial charge in [0, 0.05) is 18.3 Å². The van der Waals surface area contributed by atoms with E-state index in [1.807, 2.05) is 23.6 Å². The Labute approximate surface area is 111 Å². The molecule has 102 valence electrons. The van der Waals surface area contributed by atoms with Crippen LogP contribution in [0.5, 0.6) is 0 Å². The lowest BCUT2D eigenvalue weighted by atomic mass is 10.1. The Morgan fingerprint density at radius 3 is 2.61 bits per heavy atom. The predicted octanol–water partition coefficient (Wildman–Crippen LogP) is 0.973. The summed E-state index contributed by atoms with van der Waals surface area (Å²) in [5.41, 5.74) is 0. The number of carbonyl (C=O) groups is 2. The molecule has 18 heavy (non-hydrogen) atoms. The Morgan fingerprint density at radius 2 is 1.94 bits per heavy atom. The predicted molar refractivity (Wildman–Crippen MR) is 68.6 cm³/mol. The maximum atomic E-state index is 12.3. The van der Waals surface area contributed by atoms with Crippen LogP contribution in [0.1, 0.15) is 26.2 Å². The third-order valence-electron chi connectivity index (χ3n) is 3.54. The quantitative estimate of drug-likeness (QED) is 0.812. The van der Waals surface area contributed by atoms with Crippen molar-refractivity contribution in [1.82, 2.24) is 4.90 Å².